The van der Waals surface area contributed by atoms with Crippen molar-refractivity contribution in [1.29, 1.82) is 0 Å². The summed E-state index contributed by atoms with van der Waals surface area (Å²) in [6, 6.07) is 6.47. The number of rotatable bonds is 5. The van der Waals surface area contributed by atoms with Crippen molar-refractivity contribution < 1.29 is 9.90 Å². The van der Waals surface area contributed by atoms with Crippen molar-refractivity contribution in [1.82, 2.24) is 15.2 Å². The van der Waals surface area contributed by atoms with Gasteiger partial charge < -0.3 is 20.2 Å². The molecule has 1 aromatic heterocycles. The molecule has 0 atom stereocenters. The Morgan fingerprint density at radius 3 is 2.68 bits per heavy atom. The van der Waals surface area contributed by atoms with E-state index in [2.05, 4.69) is 15.2 Å². The molecule has 0 radical (unpaired) electrons. The number of carbonyl (C=O) groups excluding carboxylic acids is 1. The molecule has 1 saturated heterocycles. The molecule has 3 rings (SSSR count). The first kappa shape index (κ1) is 15.1. The number of nitrogens with zero attached hydrogens (tertiary/aromatic N) is 3. The number of aliphatic hydroxyl groups excluding tert-OH is 1. The van der Waals surface area contributed by atoms with Crippen LogP contribution in [0, 0.1) is 0 Å². The molecule has 2 fully saturated rings. The number of anilines is 1. The van der Waals surface area contributed by atoms with Crippen LogP contribution in [-0.4, -0.2) is 59.3 Å². The average Bonchev–Trinajstić information content (AvgIpc) is 3.39. The van der Waals surface area contributed by atoms with Crippen LogP contribution in [0.2, 0.25) is 0 Å². The summed E-state index contributed by atoms with van der Waals surface area (Å²) in [6.07, 6.45) is 5.79. The number of nitrogens with one attached hydrogen (secondary N) is 1. The smallest absolute Gasteiger partial charge is 0.317 e. The number of piperidine rings is 1. The van der Waals surface area contributed by atoms with Crippen molar-refractivity contribution in [2.24, 2.45) is 0 Å². The van der Waals surface area contributed by atoms with Gasteiger partial charge >= 0.3 is 6.03 Å². The molecule has 0 bridgehead atoms. The third-order valence-electron chi connectivity index (χ3n) is 4.39. The molecule has 6 nitrogen and oxygen atoms in total. The Kier molecular flexibility index (Phi) is 4.77. The molecule has 2 amide bonds. The standard InChI is InChI=1S/C16H24N4O2/c21-12-11-20(14-4-5-14)16(22)18-13-6-9-19(10-7-13)15-3-1-2-8-17-15/h1-3,8,13-14,21H,4-7,9-12H2,(H,18,22). The summed E-state index contributed by atoms with van der Waals surface area (Å²) in [4.78, 5) is 20.7. The van der Waals surface area contributed by atoms with Gasteiger partial charge in [-0.25, -0.2) is 9.78 Å². The maximum Gasteiger partial charge on any atom is 0.317 e. The second-order valence-electron chi connectivity index (χ2n) is 6.05. The third-order valence-corrected chi connectivity index (χ3v) is 4.39. The first-order valence-corrected chi connectivity index (χ1v) is 8.12. The largest absolute Gasteiger partial charge is 0.395 e. The van der Waals surface area contributed by atoms with Gasteiger partial charge in [-0.2, -0.15) is 0 Å². The van der Waals surface area contributed by atoms with Crippen LogP contribution in [0.25, 0.3) is 0 Å². The number of aromatic nitrogens is 1. The summed E-state index contributed by atoms with van der Waals surface area (Å²) < 4.78 is 0. The summed E-state index contributed by atoms with van der Waals surface area (Å²) in [5, 5.41) is 12.2. The molecule has 1 aromatic rings. The zero-order valence-corrected chi connectivity index (χ0v) is 12.8. The summed E-state index contributed by atoms with van der Waals surface area (Å²) in [6.45, 7) is 2.28. The molecule has 0 unspecified atom stereocenters. The number of hydrogen-bond donors (Lipinski definition) is 2. The van der Waals surface area contributed by atoms with Gasteiger partial charge in [0.05, 0.1) is 6.61 Å². The van der Waals surface area contributed by atoms with Crippen LogP contribution in [0.3, 0.4) is 0 Å². The second kappa shape index (κ2) is 6.96. The summed E-state index contributed by atoms with van der Waals surface area (Å²) in [5.41, 5.74) is 0. The number of amides is 2. The first-order chi connectivity index (χ1) is 10.8. The first-order valence-electron chi connectivity index (χ1n) is 8.12. The van der Waals surface area contributed by atoms with Gasteiger partial charge in [0.2, 0.25) is 0 Å². The highest BCUT2D eigenvalue weighted by Gasteiger charge is 2.33. The molecule has 1 aliphatic carbocycles. The number of pyridine rings is 1. The predicted molar refractivity (Wildman–Crippen MR) is 84.8 cm³/mol. The Morgan fingerprint density at radius 2 is 2.09 bits per heavy atom. The van der Waals surface area contributed by atoms with Gasteiger partial charge in [-0.1, -0.05) is 6.07 Å². The zero-order chi connectivity index (χ0) is 15.4. The quantitative estimate of drug-likeness (QED) is 0.858. The van der Waals surface area contributed by atoms with Gasteiger partial charge in [-0.15, -0.1) is 0 Å². The molecule has 1 aliphatic heterocycles. The minimum atomic E-state index is -0.0205. The van der Waals surface area contributed by atoms with Gasteiger partial charge in [0, 0.05) is 37.9 Å². The van der Waals surface area contributed by atoms with Crippen LogP contribution in [0.15, 0.2) is 24.4 Å². The van der Waals surface area contributed by atoms with Gasteiger partial charge in [0.25, 0.3) is 0 Å². The highest BCUT2D eigenvalue weighted by Crippen LogP contribution is 2.27. The van der Waals surface area contributed by atoms with E-state index < -0.39 is 0 Å². The van der Waals surface area contributed by atoms with Crippen LogP contribution in [-0.2, 0) is 0 Å². The van der Waals surface area contributed by atoms with Crippen LogP contribution in [0.5, 0.6) is 0 Å². The average molecular weight is 304 g/mol. The SMILES string of the molecule is O=C(NC1CCN(c2ccccn2)CC1)N(CCO)C1CC1. The fraction of sp³-hybridized carbons (Fsp3) is 0.625. The number of urea groups is 1. The Hall–Kier alpha value is -1.82. The number of hydrogen-bond acceptors (Lipinski definition) is 4. The summed E-state index contributed by atoms with van der Waals surface area (Å²) >= 11 is 0. The van der Waals surface area contributed by atoms with E-state index in [-0.39, 0.29) is 18.7 Å². The maximum absolute atomic E-state index is 12.3. The lowest BCUT2D eigenvalue weighted by atomic mass is 10.1. The van der Waals surface area contributed by atoms with Crippen molar-refractivity contribution in [3.05, 3.63) is 24.4 Å². The van der Waals surface area contributed by atoms with Crippen LogP contribution in [0.4, 0.5) is 10.6 Å². The highest BCUT2D eigenvalue weighted by atomic mass is 16.3. The van der Waals surface area contributed by atoms with Gasteiger partial charge in [-0.05, 0) is 37.8 Å². The molecule has 2 aliphatic rings. The van der Waals surface area contributed by atoms with E-state index in [1.165, 1.54) is 0 Å². The van der Waals surface area contributed by atoms with E-state index in [4.69, 9.17) is 5.11 Å². The van der Waals surface area contributed by atoms with E-state index in [0.717, 1.165) is 44.6 Å². The molecule has 22 heavy (non-hydrogen) atoms. The molecular formula is C16H24N4O2. The number of carbonyl (C=O) groups is 1. The van der Waals surface area contributed by atoms with E-state index in [1.807, 2.05) is 24.4 Å². The third kappa shape index (κ3) is 3.68. The molecule has 0 spiro atoms. The van der Waals surface area contributed by atoms with Gasteiger partial charge in [0.15, 0.2) is 0 Å². The Bertz CT molecular complexity index is 484. The molecular weight excluding hydrogens is 280 g/mol. The molecule has 6 heteroatoms. The van der Waals surface area contributed by atoms with Crippen LogP contribution < -0.4 is 10.2 Å². The van der Waals surface area contributed by atoms with Gasteiger partial charge in [0.1, 0.15) is 5.82 Å². The molecule has 120 valence electrons. The molecule has 2 heterocycles. The predicted octanol–water partition coefficient (Wildman–Crippen LogP) is 1.22. The van der Waals surface area contributed by atoms with Crippen molar-refractivity contribution in [3.8, 4) is 0 Å². The summed E-state index contributed by atoms with van der Waals surface area (Å²) in [5.74, 6) is 1.01. The normalized spacial score (nSPS) is 19.0. The maximum atomic E-state index is 12.3. The second-order valence-corrected chi connectivity index (χ2v) is 6.05. The molecule has 1 saturated carbocycles. The van der Waals surface area contributed by atoms with Crippen molar-refractivity contribution in [2.75, 3.05) is 31.1 Å². The topological polar surface area (TPSA) is 68.7 Å². The van der Waals surface area contributed by atoms with Crippen LogP contribution in [0.1, 0.15) is 25.7 Å². The molecule has 0 aromatic carbocycles. The van der Waals surface area contributed by atoms with Crippen molar-refractivity contribution >= 4 is 11.8 Å². The minimum absolute atomic E-state index is 0.0205. The van der Waals surface area contributed by atoms with E-state index in [9.17, 15) is 4.79 Å². The lowest BCUT2D eigenvalue weighted by Gasteiger charge is -2.34. The summed E-state index contributed by atoms with van der Waals surface area (Å²) in [7, 11) is 0. The minimum Gasteiger partial charge on any atom is -0.395 e. The van der Waals surface area contributed by atoms with E-state index in [1.54, 1.807) is 4.90 Å². The molecule has 2 N–H and O–H groups in total. The Morgan fingerprint density at radius 1 is 1.32 bits per heavy atom. The van der Waals surface area contributed by atoms with Crippen molar-refractivity contribution in [3.63, 3.8) is 0 Å². The lowest BCUT2D eigenvalue weighted by molar-refractivity contribution is 0.169. The zero-order valence-electron chi connectivity index (χ0n) is 12.8. The number of aliphatic hydroxyl groups is 1. The fourth-order valence-corrected chi connectivity index (χ4v) is 3.00. The van der Waals surface area contributed by atoms with E-state index >= 15 is 0 Å². The van der Waals surface area contributed by atoms with Crippen molar-refractivity contribution in [2.45, 2.75) is 37.8 Å². The van der Waals surface area contributed by atoms with Crippen LogP contribution >= 0.6 is 0 Å². The van der Waals surface area contributed by atoms with E-state index in [0.29, 0.717) is 12.6 Å². The van der Waals surface area contributed by atoms with Gasteiger partial charge in [-0.3, -0.25) is 0 Å². The lowest BCUT2D eigenvalue weighted by Crippen LogP contribution is -2.50. The fourth-order valence-electron chi connectivity index (χ4n) is 3.00. The Balaban J connectivity index is 1.48. The highest BCUT2D eigenvalue weighted by molar-refractivity contribution is 5.75. The monoisotopic (exact) mass is 304 g/mol. The Labute approximate surface area is 131 Å².